The van der Waals surface area contributed by atoms with E-state index in [1.54, 1.807) is 0 Å². The van der Waals surface area contributed by atoms with Crippen molar-refractivity contribution in [3.8, 4) is 0 Å². The van der Waals surface area contributed by atoms with Crippen molar-refractivity contribution in [2.45, 2.75) is 19.8 Å². The van der Waals surface area contributed by atoms with Gasteiger partial charge in [0.1, 0.15) is 5.78 Å². The Morgan fingerprint density at radius 1 is 1.44 bits per heavy atom. The van der Waals surface area contributed by atoms with Gasteiger partial charge in [0, 0.05) is 0 Å². The molecule has 84 valence electrons. The monoisotopic (exact) mass is 220 g/mol. The van der Waals surface area contributed by atoms with Gasteiger partial charge in [-0.3, -0.25) is 14.4 Å². The highest BCUT2D eigenvalue weighted by atomic mass is 16.6. The topological polar surface area (TPSA) is 60.4 Å². The Balaban J connectivity index is 2.16. The molecule has 4 rings (SSSR count). The van der Waals surface area contributed by atoms with E-state index in [2.05, 4.69) is 0 Å². The molecule has 2 fully saturated rings. The largest absolute Gasteiger partial charge is 0.393 e. The van der Waals surface area contributed by atoms with Crippen LogP contribution >= 0.6 is 0 Å². The van der Waals surface area contributed by atoms with E-state index in [1.807, 2.05) is 12.2 Å². The fourth-order valence-electron chi connectivity index (χ4n) is 3.42. The minimum atomic E-state index is -0.775. The predicted octanol–water partition coefficient (Wildman–Crippen LogP) is 0.857. The molecule has 0 aromatic carbocycles. The highest BCUT2D eigenvalue weighted by Gasteiger charge is 2.63. The van der Waals surface area contributed by atoms with Crippen LogP contribution < -0.4 is 0 Å². The number of hydrogen-bond donors (Lipinski definition) is 0. The van der Waals surface area contributed by atoms with Gasteiger partial charge in [0.15, 0.2) is 0 Å². The highest BCUT2D eigenvalue weighted by molar-refractivity contribution is 6.02. The Bertz CT molecular complexity index is 436. The maximum atomic E-state index is 11.8. The third kappa shape index (κ3) is 0.925. The smallest absolute Gasteiger partial charge is 0.318 e. The first-order valence-corrected chi connectivity index (χ1v) is 5.52. The van der Waals surface area contributed by atoms with Gasteiger partial charge in [0.2, 0.25) is 0 Å². The van der Waals surface area contributed by atoms with Gasteiger partial charge in [-0.1, -0.05) is 12.2 Å². The summed E-state index contributed by atoms with van der Waals surface area (Å²) >= 11 is 0. The molecule has 4 aliphatic rings. The van der Waals surface area contributed by atoms with E-state index in [-0.39, 0.29) is 11.7 Å². The van der Waals surface area contributed by atoms with Crippen molar-refractivity contribution < 1.29 is 19.1 Å². The van der Waals surface area contributed by atoms with Crippen LogP contribution in [0.2, 0.25) is 0 Å². The van der Waals surface area contributed by atoms with E-state index in [0.29, 0.717) is 6.42 Å². The molecular weight excluding hydrogens is 208 g/mol. The zero-order valence-electron chi connectivity index (χ0n) is 8.93. The third-order valence-electron chi connectivity index (χ3n) is 4.29. The molecule has 0 unspecified atom stereocenters. The summed E-state index contributed by atoms with van der Waals surface area (Å²) in [5, 5.41) is 0. The molecule has 0 N–H and O–H groups in total. The molecule has 1 saturated heterocycles. The van der Waals surface area contributed by atoms with E-state index >= 15 is 0 Å². The van der Waals surface area contributed by atoms with Crippen LogP contribution in [0.5, 0.6) is 0 Å². The van der Waals surface area contributed by atoms with Gasteiger partial charge in [-0.2, -0.15) is 0 Å². The van der Waals surface area contributed by atoms with Crippen LogP contribution in [-0.2, 0) is 19.1 Å². The zero-order chi connectivity index (χ0) is 11.5. The van der Waals surface area contributed by atoms with E-state index in [0.717, 1.165) is 6.42 Å². The number of carbonyl (C=O) groups excluding carboxylic acids is 3. The molecule has 0 aromatic rings. The van der Waals surface area contributed by atoms with Gasteiger partial charge in [-0.25, -0.2) is 0 Å². The Morgan fingerprint density at radius 3 is 2.75 bits per heavy atom. The van der Waals surface area contributed by atoms with Gasteiger partial charge in [-0.15, -0.1) is 0 Å². The lowest BCUT2D eigenvalue weighted by Crippen LogP contribution is -2.50. The molecule has 1 saturated carbocycles. The molecule has 1 aliphatic heterocycles. The number of esters is 2. The Kier molecular flexibility index (Phi) is 1.71. The summed E-state index contributed by atoms with van der Waals surface area (Å²) in [6, 6.07) is 0. The first-order chi connectivity index (χ1) is 7.56. The number of ether oxygens (including phenoxy) is 1. The molecule has 4 atom stereocenters. The second-order valence-corrected chi connectivity index (χ2v) is 4.90. The van der Waals surface area contributed by atoms with Gasteiger partial charge < -0.3 is 4.74 Å². The lowest BCUT2D eigenvalue weighted by Gasteiger charge is -2.45. The van der Waals surface area contributed by atoms with Crippen LogP contribution in [0.4, 0.5) is 0 Å². The lowest BCUT2D eigenvalue weighted by molar-refractivity contribution is -0.155. The zero-order valence-corrected chi connectivity index (χ0v) is 8.93. The molecular formula is C12H12O4. The standard InChI is InChI=1S/C12H12O4/c1-6(13)12-4-2-7(3-5-12)8-9(12)11(15)16-10(8)14/h2,4,7-9H,3,5H2,1H3/t7-,8-,9+,12+/m0/s1. The summed E-state index contributed by atoms with van der Waals surface area (Å²) in [6.07, 6.45) is 5.18. The number of Topliss-reactive ketones (excluding diaryl/α,β-unsaturated/α-hetero) is 1. The Hall–Kier alpha value is -1.45. The molecule has 4 nitrogen and oxygen atoms in total. The average molecular weight is 220 g/mol. The van der Waals surface area contributed by atoms with Crippen molar-refractivity contribution in [2.24, 2.45) is 23.2 Å². The first-order valence-electron chi connectivity index (χ1n) is 5.52. The second-order valence-electron chi connectivity index (χ2n) is 4.90. The Morgan fingerprint density at radius 2 is 2.19 bits per heavy atom. The molecule has 16 heavy (non-hydrogen) atoms. The predicted molar refractivity (Wildman–Crippen MR) is 53.1 cm³/mol. The molecule has 3 aliphatic carbocycles. The van der Waals surface area contributed by atoms with E-state index < -0.39 is 29.2 Å². The number of rotatable bonds is 1. The van der Waals surface area contributed by atoms with Crippen molar-refractivity contribution >= 4 is 17.7 Å². The van der Waals surface area contributed by atoms with Crippen molar-refractivity contribution in [1.82, 2.24) is 0 Å². The highest BCUT2D eigenvalue weighted by Crippen LogP contribution is 2.56. The number of cyclic esters (lactones) is 2. The lowest BCUT2D eigenvalue weighted by atomic mass is 9.53. The number of ketones is 1. The molecule has 0 radical (unpaired) electrons. The first kappa shape index (κ1) is 9.75. The quantitative estimate of drug-likeness (QED) is 0.373. The molecule has 4 heteroatoms. The minimum Gasteiger partial charge on any atom is -0.393 e. The van der Waals surface area contributed by atoms with Crippen molar-refractivity contribution in [3.63, 3.8) is 0 Å². The van der Waals surface area contributed by atoms with Gasteiger partial charge in [0.05, 0.1) is 17.3 Å². The maximum Gasteiger partial charge on any atom is 0.318 e. The van der Waals surface area contributed by atoms with Crippen LogP contribution in [-0.4, -0.2) is 17.7 Å². The molecule has 0 amide bonds. The van der Waals surface area contributed by atoms with Gasteiger partial charge >= 0.3 is 11.9 Å². The van der Waals surface area contributed by atoms with E-state index in [9.17, 15) is 14.4 Å². The van der Waals surface area contributed by atoms with E-state index in [4.69, 9.17) is 4.74 Å². The molecule has 0 spiro atoms. The summed E-state index contributed by atoms with van der Waals surface area (Å²) in [7, 11) is 0. The van der Waals surface area contributed by atoms with Crippen molar-refractivity contribution in [2.75, 3.05) is 0 Å². The maximum absolute atomic E-state index is 11.8. The summed E-state index contributed by atoms with van der Waals surface area (Å²) in [5.41, 5.74) is -0.775. The molecule has 2 bridgehead atoms. The normalized spacial score (nSPS) is 44.4. The number of allylic oxidation sites excluding steroid dienone is 2. The average Bonchev–Trinajstić information content (AvgIpc) is 2.58. The third-order valence-corrected chi connectivity index (χ3v) is 4.29. The van der Waals surface area contributed by atoms with Crippen LogP contribution in [0, 0.1) is 23.2 Å². The number of hydrogen-bond acceptors (Lipinski definition) is 4. The van der Waals surface area contributed by atoms with Gasteiger partial charge in [0.25, 0.3) is 0 Å². The van der Waals surface area contributed by atoms with Crippen LogP contribution in [0.25, 0.3) is 0 Å². The molecule has 0 aromatic heterocycles. The molecule has 1 heterocycles. The van der Waals surface area contributed by atoms with Crippen LogP contribution in [0.15, 0.2) is 12.2 Å². The van der Waals surface area contributed by atoms with Crippen LogP contribution in [0.3, 0.4) is 0 Å². The number of carbonyl (C=O) groups is 3. The Labute approximate surface area is 92.6 Å². The van der Waals surface area contributed by atoms with E-state index in [1.165, 1.54) is 6.92 Å². The fraction of sp³-hybridized carbons (Fsp3) is 0.583. The minimum absolute atomic E-state index is 0.0384. The van der Waals surface area contributed by atoms with Crippen molar-refractivity contribution in [3.05, 3.63) is 12.2 Å². The summed E-state index contributed by atoms with van der Waals surface area (Å²) < 4.78 is 4.69. The summed E-state index contributed by atoms with van der Waals surface area (Å²) in [6.45, 7) is 1.49. The fourth-order valence-corrected chi connectivity index (χ4v) is 3.42. The SMILES string of the molecule is CC(=O)[C@@]12C=C[C@@H](CC1)[C@@H]1C(=O)OC(=O)[C@@H]12. The summed E-state index contributed by atoms with van der Waals surface area (Å²) in [4.78, 5) is 35.1. The van der Waals surface area contributed by atoms with Gasteiger partial charge in [-0.05, 0) is 25.7 Å². The van der Waals surface area contributed by atoms with Crippen molar-refractivity contribution in [1.29, 1.82) is 0 Å². The summed E-state index contributed by atoms with van der Waals surface area (Å²) in [5.74, 6) is -1.92. The second kappa shape index (κ2) is 2.81. The van der Waals surface area contributed by atoms with Crippen LogP contribution in [0.1, 0.15) is 19.8 Å². The number of fused-ring (bicyclic) bond motifs is 1.